The number of hydrogen-bond acceptors (Lipinski definition) is 4. The summed E-state index contributed by atoms with van der Waals surface area (Å²) in [5.74, 6) is -1.75. The first-order chi connectivity index (χ1) is 8.00. The van der Waals surface area contributed by atoms with E-state index in [1.54, 1.807) is 0 Å². The normalized spacial score (nSPS) is 14.9. The molecule has 0 bridgehead atoms. The minimum Gasteiger partial charge on any atom is -0.478 e. The summed E-state index contributed by atoms with van der Waals surface area (Å²) in [7, 11) is 0. The highest BCUT2D eigenvalue weighted by molar-refractivity contribution is 6.21. The SMILES string of the molecule is Nc1ccc(N2C(=O)CNC2=O)c(C(=O)O)c1. The van der Waals surface area contributed by atoms with Gasteiger partial charge in [0.05, 0.1) is 17.8 Å². The van der Waals surface area contributed by atoms with Crippen LogP contribution in [0.1, 0.15) is 10.4 Å². The second-order valence-corrected chi connectivity index (χ2v) is 3.47. The largest absolute Gasteiger partial charge is 0.478 e. The highest BCUT2D eigenvalue weighted by atomic mass is 16.4. The summed E-state index contributed by atoms with van der Waals surface area (Å²) in [4.78, 5) is 34.7. The molecule has 1 saturated heterocycles. The van der Waals surface area contributed by atoms with E-state index in [-0.39, 0.29) is 23.5 Å². The Labute approximate surface area is 95.8 Å². The van der Waals surface area contributed by atoms with E-state index < -0.39 is 17.9 Å². The maximum absolute atomic E-state index is 11.5. The summed E-state index contributed by atoms with van der Waals surface area (Å²) >= 11 is 0. The van der Waals surface area contributed by atoms with Gasteiger partial charge in [-0.3, -0.25) is 4.79 Å². The van der Waals surface area contributed by atoms with Crippen molar-refractivity contribution in [3.63, 3.8) is 0 Å². The van der Waals surface area contributed by atoms with Crippen LogP contribution >= 0.6 is 0 Å². The molecule has 7 nitrogen and oxygen atoms in total. The average molecular weight is 235 g/mol. The summed E-state index contributed by atoms with van der Waals surface area (Å²) in [6.07, 6.45) is 0. The number of nitrogen functional groups attached to an aromatic ring is 1. The molecular weight excluding hydrogens is 226 g/mol. The molecule has 0 unspecified atom stereocenters. The van der Waals surface area contributed by atoms with Gasteiger partial charge in [0, 0.05) is 5.69 Å². The number of carboxylic acids is 1. The number of nitrogens with zero attached hydrogens (tertiary/aromatic N) is 1. The number of urea groups is 1. The standard InChI is InChI=1S/C10H9N3O4/c11-5-1-2-7(6(3-5)9(15)16)13-8(14)4-12-10(13)17/h1-3H,4,11H2,(H,12,17)(H,15,16). The van der Waals surface area contributed by atoms with E-state index in [1.807, 2.05) is 0 Å². The minimum atomic E-state index is -1.25. The van der Waals surface area contributed by atoms with Crippen LogP contribution in [-0.2, 0) is 4.79 Å². The van der Waals surface area contributed by atoms with Crippen molar-refractivity contribution < 1.29 is 19.5 Å². The number of imide groups is 1. The van der Waals surface area contributed by atoms with Gasteiger partial charge < -0.3 is 16.2 Å². The molecule has 1 aliphatic rings. The number of hydrogen-bond donors (Lipinski definition) is 3. The van der Waals surface area contributed by atoms with Crippen LogP contribution in [0.2, 0.25) is 0 Å². The summed E-state index contributed by atoms with van der Waals surface area (Å²) < 4.78 is 0. The molecule has 7 heteroatoms. The topological polar surface area (TPSA) is 113 Å². The Morgan fingerprint density at radius 1 is 1.41 bits per heavy atom. The number of nitrogens with two attached hydrogens (primary N) is 1. The summed E-state index contributed by atoms with van der Waals surface area (Å²) in [5, 5.41) is 11.3. The molecule has 1 aliphatic heterocycles. The van der Waals surface area contributed by atoms with Crippen molar-refractivity contribution in [2.45, 2.75) is 0 Å². The highest BCUT2D eigenvalue weighted by Gasteiger charge is 2.32. The molecule has 1 aromatic rings. The predicted molar refractivity (Wildman–Crippen MR) is 58.7 cm³/mol. The molecule has 0 spiro atoms. The van der Waals surface area contributed by atoms with Crippen LogP contribution in [0.4, 0.5) is 16.2 Å². The van der Waals surface area contributed by atoms with Gasteiger partial charge in [-0.25, -0.2) is 14.5 Å². The molecule has 2 rings (SSSR count). The molecule has 1 aromatic carbocycles. The second-order valence-electron chi connectivity index (χ2n) is 3.47. The lowest BCUT2D eigenvalue weighted by molar-refractivity contribution is -0.115. The Balaban J connectivity index is 2.55. The van der Waals surface area contributed by atoms with Crippen LogP contribution in [0.15, 0.2) is 18.2 Å². The number of rotatable bonds is 2. The Morgan fingerprint density at radius 3 is 2.65 bits per heavy atom. The molecule has 17 heavy (non-hydrogen) atoms. The number of amides is 3. The van der Waals surface area contributed by atoms with Crippen molar-refractivity contribution in [2.75, 3.05) is 17.2 Å². The highest BCUT2D eigenvalue weighted by Crippen LogP contribution is 2.25. The quantitative estimate of drug-likeness (QED) is 0.494. The monoisotopic (exact) mass is 235 g/mol. The van der Waals surface area contributed by atoms with Crippen LogP contribution in [0.5, 0.6) is 0 Å². The molecule has 0 aliphatic carbocycles. The van der Waals surface area contributed by atoms with Gasteiger partial charge in [0.15, 0.2) is 0 Å². The first-order valence-corrected chi connectivity index (χ1v) is 4.74. The smallest absolute Gasteiger partial charge is 0.337 e. The Morgan fingerprint density at radius 2 is 2.12 bits per heavy atom. The average Bonchev–Trinajstić information content (AvgIpc) is 2.59. The first-order valence-electron chi connectivity index (χ1n) is 4.74. The van der Waals surface area contributed by atoms with Crippen LogP contribution in [0.25, 0.3) is 0 Å². The molecular formula is C10H9N3O4. The van der Waals surface area contributed by atoms with Gasteiger partial charge in [-0.05, 0) is 18.2 Å². The predicted octanol–water partition coefficient (Wildman–Crippen LogP) is 0.0232. The zero-order chi connectivity index (χ0) is 12.6. The molecule has 1 fully saturated rings. The fourth-order valence-electron chi connectivity index (χ4n) is 1.59. The molecule has 0 radical (unpaired) electrons. The van der Waals surface area contributed by atoms with Crippen molar-refractivity contribution in [1.29, 1.82) is 0 Å². The van der Waals surface area contributed by atoms with Crippen molar-refractivity contribution in [2.24, 2.45) is 0 Å². The van der Waals surface area contributed by atoms with Crippen LogP contribution < -0.4 is 16.0 Å². The van der Waals surface area contributed by atoms with Crippen molar-refractivity contribution in [1.82, 2.24) is 5.32 Å². The van der Waals surface area contributed by atoms with Crippen molar-refractivity contribution in [3.05, 3.63) is 23.8 Å². The maximum atomic E-state index is 11.5. The fourth-order valence-corrected chi connectivity index (χ4v) is 1.59. The van der Waals surface area contributed by atoms with E-state index in [0.29, 0.717) is 0 Å². The summed E-state index contributed by atoms with van der Waals surface area (Å²) in [6.45, 7) is -0.137. The van der Waals surface area contributed by atoms with E-state index in [1.165, 1.54) is 18.2 Å². The third kappa shape index (κ3) is 1.78. The Kier molecular flexibility index (Phi) is 2.43. The van der Waals surface area contributed by atoms with E-state index in [4.69, 9.17) is 10.8 Å². The number of nitrogens with one attached hydrogen (secondary N) is 1. The molecule has 0 aromatic heterocycles. The Hall–Kier alpha value is -2.57. The zero-order valence-corrected chi connectivity index (χ0v) is 8.64. The van der Waals surface area contributed by atoms with Crippen LogP contribution in [-0.4, -0.2) is 29.6 Å². The number of benzene rings is 1. The molecule has 1 heterocycles. The van der Waals surface area contributed by atoms with Gasteiger partial charge in [0.2, 0.25) is 0 Å². The van der Waals surface area contributed by atoms with Gasteiger partial charge in [-0.2, -0.15) is 0 Å². The molecule has 3 amide bonds. The lowest BCUT2D eigenvalue weighted by Gasteiger charge is -2.15. The van der Waals surface area contributed by atoms with E-state index in [9.17, 15) is 14.4 Å². The molecule has 0 saturated carbocycles. The van der Waals surface area contributed by atoms with Crippen LogP contribution in [0.3, 0.4) is 0 Å². The van der Waals surface area contributed by atoms with Gasteiger partial charge in [0.1, 0.15) is 0 Å². The lowest BCUT2D eigenvalue weighted by Crippen LogP contribution is -2.32. The van der Waals surface area contributed by atoms with E-state index in [0.717, 1.165) is 4.90 Å². The van der Waals surface area contributed by atoms with E-state index >= 15 is 0 Å². The number of carbonyl (C=O) groups is 3. The molecule has 0 atom stereocenters. The molecule has 4 N–H and O–H groups in total. The van der Waals surface area contributed by atoms with Gasteiger partial charge in [0.25, 0.3) is 5.91 Å². The third-order valence-corrected chi connectivity index (χ3v) is 2.34. The number of aromatic carboxylic acids is 1. The summed E-state index contributed by atoms with van der Waals surface area (Å²) in [5.41, 5.74) is 5.55. The fraction of sp³-hybridized carbons (Fsp3) is 0.100. The van der Waals surface area contributed by atoms with Crippen molar-refractivity contribution >= 4 is 29.3 Å². The number of carbonyl (C=O) groups excluding carboxylic acids is 2. The van der Waals surface area contributed by atoms with Gasteiger partial charge in [-0.1, -0.05) is 0 Å². The number of anilines is 2. The maximum Gasteiger partial charge on any atom is 0.337 e. The lowest BCUT2D eigenvalue weighted by atomic mass is 10.1. The second kappa shape index (κ2) is 3.78. The van der Waals surface area contributed by atoms with Crippen LogP contribution in [0, 0.1) is 0 Å². The van der Waals surface area contributed by atoms with Crippen molar-refractivity contribution in [3.8, 4) is 0 Å². The van der Waals surface area contributed by atoms with Gasteiger partial charge in [-0.15, -0.1) is 0 Å². The number of carboxylic acid groups (broad SMARTS) is 1. The summed E-state index contributed by atoms with van der Waals surface area (Å²) in [6, 6.07) is 3.33. The van der Waals surface area contributed by atoms with Gasteiger partial charge >= 0.3 is 12.0 Å². The minimum absolute atomic E-state index is 0.0201. The Bertz CT molecular complexity index is 510. The molecule has 88 valence electrons. The third-order valence-electron chi connectivity index (χ3n) is 2.34. The van der Waals surface area contributed by atoms with E-state index in [2.05, 4.69) is 5.32 Å². The zero-order valence-electron chi connectivity index (χ0n) is 8.64. The first kappa shape index (κ1) is 10.9.